The Labute approximate surface area is 176 Å². The number of morpholine rings is 1. The minimum atomic E-state index is -0.225. The Kier molecular flexibility index (Phi) is 5.03. The number of rotatable bonds is 6. The van der Waals surface area contributed by atoms with Gasteiger partial charge in [0.1, 0.15) is 5.75 Å². The number of hydrogen-bond acceptors (Lipinski definition) is 6. The molecular weight excluding hydrogens is 384 g/mol. The number of ether oxygens (including phenoxy) is 3. The van der Waals surface area contributed by atoms with Crippen LogP contribution in [0.25, 0.3) is 0 Å². The third kappa shape index (κ3) is 2.94. The molecule has 2 aliphatic heterocycles. The molecule has 30 heavy (non-hydrogen) atoms. The van der Waals surface area contributed by atoms with Crippen LogP contribution in [0, 0.1) is 23.7 Å². The second-order valence-corrected chi connectivity index (χ2v) is 8.43. The molecule has 0 spiro atoms. The second-order valence-electron chi connectivity index (χ2n) is 8.43. The summed E-state index contributed by atoms with van der Waals surface area (Å²) < 4.78 is 16.9. The van der Waals surface area contributed by atoms with Crippen LogP contribution in [0.2, 0.25) is 0 Å². The molecule has 4 unspecified atom stereocenters. The number of allylic oxidation sites excluding steroid dienone is 2. The fourth-order valence-corrected chi connectivity index (χ4v) is 5.54. The normalized spacial score (nSPS) is 29.8. The summed E-state index contributed by atoms with van der Waals surface area (Å²) in [5.74, 6) is 0.446. The first kappa shape index (κ1) is 19.6. The Morgan fingerprint density at radius 2 is 1.70 bits per heavy atom. The van der Waals surface area contributed by atoms with Crippen LogP contribution in [0.1, 0.15) is 18.9 Å². The summed E-state index contributed by atoms with van der Waals surface area (Å²) in [6, 6.07) is 3.87. The van der Waals surface area contributed by atoms with Gasteiger partial charge in [-0.1, -0.05) is 12.2 Å². The van der Waals surface area contributed by atoms with Crippen LogP contribution in [-0.2, 0) is 25.7 Å². The molecule has 4 atom stereocenters. The molecule has 2 bridgehead atoms. The Hall–Kier alpha value is -2.38. The van der Waals surface area contributed by atoms with Gasteiger partial charge in [0.25, 0.3) is 0 Å². The SMILES string of the molecule is CCOc1cc(N2C(=O)C3C4C=CC(C4)C3C2=O)c(COC)cc1N1CCOCC1. The van der Waals surface area contributed by atoms with Crippen molar-refractivity contribution in [3.05, 3.63) is 29.8 Å². The highest BCUT2D eigenvalue weighted by atomic mass is 16.5. The Morgan fingerprint density at radius 3 is 2.30 bits per heavy atom. The van der Waals surface area contributed by atoms with Crippen LogP contribution >= 0.6 is 0 Å². The standard InChI is InChI=1S/C23H28N2O5/c1-3-30-19-12-17(16(13-28-2)11-18(19)24-6-8-29-9-7-24)25-22(26)20-14-4-5-15(10-14)21(20)23(25)27/h4-5,11-12,14-15,20-21H,3,6-10,13H2,1-2H3. The molecule has 0 N–H and O–H groups in total. The van der Waals surface area contributed by atoms with E-state index >= 15 is 0 Å². The van der Waals surface area contributed by atoms with Gasteiger partial charge in [0.2, 0.25) is 11.8 Å². The summed E-state index contributed by atoms with van der Waals surface area (Å²) in [5, 5.41) is 0. The van der Waals surface area contributed by atoms with Crippen molar-refractivity contribution >= 4 is 23.2 Å². The van der Waals surface area contributed by atoms with Gasteiger partial charge in [-0.2, -0.15) is 0 Å². The maximum atomic E-state index is 13.4. The number of methoxy groups -OCH3 is 1. The van der Waals surface area contributed by atoms with Crippen molar-refractivity contribution < 1.29 is 23.8 Å². The van der Waals surface area contributed by atoms with E-state index in [-0.39, 0.29) is 35.5 Å². The van der Waals surface area contributed by atoms with E-state index in [1.807, 2.05) is 19.1 Å². The van der Waals surface area contributed by atoms with E-state index in [2.05, 4.69) is 17.1 Å². The monoisotopic (exact) mass is 412 g/mol. The number of fused-ring (bicyclic) bond motifs is 5. The zero-order valence-electron chi connectivity index (χ0n) is 17.5. The molecule has 2 heterocycles. The Morgan fingerprint density at radius 1 is 1.03 bits per heavy atom. The zero-order valence-corrected chi connectivity index (χ0v) is 17.5. The Bertz CT molecular complexity index is 862. The minimum Gasteiger partial charge on any atom is -0.492 e. The minimum absolute atomic E-state index is 0.0826. The van der Waals surface area contributed by atoms with Gasteiger partial charge >= 0.3 is 0 Å². The number of amides is 2. The smallest absolute Gasteiger partial charge is 0.238 e. The van der Waals surface area contributed by atoms with Gasteiger partial charge < -0.3 is 19.1 Å². The quantitative estimate of drug-likeness (QED) is 0.528. The number of imide groups is 1. The highest BCUT2D eigenvalue weighted by Gasteiger charge is 2.59. The van der Waals surface area contributed by atoms with E-state index in [4.69, 9.17) is 14.2 Å². The van der Waals surface area contributed by atoms with Crippen molar-refractivity contribution in [1.82, 2.24) is 0 Å². The predicted octanol–water partition coefficient (Wildman–Crippen LogP) is 2.38. The van der Waals surface area contributed by atoms with Gasteiger partial charge in [0, 0.05) is 31.8 Å². The lowest BCUT2D eigenvalue weighted by molar-refractivity contribution is -0.123. The van der Waals surface area contributed by atoms with E-state index in [1.54, 1.807) is 7.11 Å². The number of benzene rings is 1. The highest BCUT2D eigenvalue weighted by Crippen LogP contribution is 2.54. The molecular formula is C23H28N2O5. The van der Waals surface area contributed by atoms with E-state index in [0.717, 1.165) is 30.8 Å². The van der Waals surface area contributed by atoms with Crippen LogP contribution in [-0.4, -0.2) is 51.8 Å². The highest BCUT2D eigenvalue weighted by molar-refractivity contribution is 6.23. The fraction of sp³-hybridized carbons (Fsp3) is 0.565. The van der Waals surface area contributed by atoms with Crippen LogP contribution in [0.4, 0.5) is 11.4 Å². The van der Waals surface area contributed by atoms with Crippen molar-refractivity contribution in [2.45, 2.75) is 20.0 Å². The Balaban J connectivity index is 1.56. The van der Waals surface area contributed by atoms with E-state index in [0.29, 0.717) is 37.9 Å². The first-order valence-corrected chi connectivity index (χ1v) is 10.8. The molecule has 7 heteroatoms. The van der Waals surface area contributed by atoms with Crippen molar-refractivity contribution in [3.8, 4) is 5.75 Å². The zero-order chi connectivity index (χ0) is 20.8. The van der Waals surface area contributed by atoms with Crippen LogP contribution < -0.4 is 14.5 Å². The summed E-state index contributed by atoms with van der Waals surface area (Å²) in [7, 11) is 1.63. The third-order valence-electron chi connectivity index (χ3n) is 6.82. The molecule has 1 aromatic carbocycles. The molecule has 7 nitrogen and oxygen atoms in total. The topological polar surface area (TPSA) is 68.3 Å². The number of anilines is 2. The first-order valence-electron chi connectivity index (χ1n) is 10.8. The summed E-state index contributed by atoms with van der Waals surface area (Å²) in [6.45, 7) is 5.62. The molecule has 0 aromatic heterocycles. The van der Waals surface area contributed by atoms with Crippen molar-refractivity contribution in [2.75, 3.05) is 49.8 Å². The van der Waals surface area contributed by atoms with E-state index in [1.165, 1.54) is 4.90 Å². The van der Waals surface area contributed by atoms with Crippen molar-refractivity contribution in [1.29, 1.82) is 0 Å². The number of carbonyl (C=O) groups is 2. The first-order chi connectivity index (χ1) is 14.6. The average molecular weight is 412 g/mol. The molecule has 0 radical (unpaired) electrons. The van der Waals surface area contributed by atoms with Gasteiger partial charge in [-0.3, -0.25) is 9.59 Å². The molecule has 5 rings (SSSR count). The largest absolute Gasteiger partial charge is 0.492 e. The lowest BCUT2D eigenvalue weighted by Gasteiger charge is -2.32. The molecule has 4 aliphatic rings. The van der Waals surface area contributed by atoms with Gasteiger partial charge in [0.15, 0.2) is 0 Å². The molecule has 2 aliphatic carbocycles. The maximum Gasteiger partial charge on any atom is 0.238 e. The van der Waals surface area contributed by atoms with Gasteiger partial charge in [-0.15, -0.1) is 0 Å². The molecule has 2 amide bonds. The van der Waals surface area contributed by atoms with E-state index < -0.39 is 0 Å². The van der Waals surface area contributed by atoms with Crippen molar-refractivity contribution in [2.24, 2.45) is 23.7 Å². The van der Waals surface area contributed by atoms with Gasteiger partial charge in [0.05, 0.1) is 49.6 Å². The van der Waals surface area contributed by atoms with Gasteiger partial charge in [-0.05, 0) is 31.2 Å². The molecule has 3 fully saturated rings. The van der Waals surface area contributed by atoms with Crippen LogP contribution in [0.15, 0.2) is 24.3 Å². The third-order valence-corrected chi connectivity index (χ3v) is 6.82. The molecule has 2 saturated heterocycles. The van der Waals surface area contributed by atoms with Crippen molar-refractivity contribution in [3.63, 3.8) is 0 Å². The summed E-state index contributed by atoms with van der Waals surface area (Å²) >= 11 is 0. The predicted molar refractivity (Wildman–Crippen MR) is 112 cm³/mol. The number of nitrogens with zero attached hydrogens (tertiary/aromatic N) is 2. The van der Waals surface area contributed by atoms with E-state index in [9.17, 15) is 9.59 Å². The molecule has 1 saturated carbocycles. The van der Waals surface area contributed by atoms with Crippen LogP contribution in [0.3, 0.4) is 0 Å². The lowest BCUT2D eigenvalue weighted by Crippen LogP contribution is -2.37. The summed E-state index contributed by atoms with van der Waals surface area (Å²) in [6.07, 6.45) is 5.15. The number of carbonyl (C=O) groups excluding carboxylic acids is 2. The summed E-state index contributed by atoms with van der Waals surface area (Å²) in [5.41, 5.74) is 2.38. The fourth-order valence-electron chi connectivity index (χ4n) is 5.54. The molecule has 1 aromatic rings. The summed E-state index contributed by atoms with van der Waals surface area (Å²) in [4.78, 5) is 30.4. The second kappa shape index (κ2) is 7.71. The van der Waals surface area contributed by atoms with Gasteiger partial charge in [-0.25, -0.2) is 4.90 Å². The van der Waals surface area contributed by atoms with Crippen LogP contribution in [0.5, 0.6) is 5.75 Å². The average Bonchev–Trinajstić information content (AvgIpc) is 3.44. The molecule has 160 valence electrons. The maximum absolute atomic E-state index is 13.4. The number of hydrogen-bond donors (Lipinski definition) is 0. The lowest BCUT2D eigenvalue weighted by atomic mass is 9.85.